The fourth-order valence-corrected chi connectivity index (χ4v) is 3.83. The number of nitrogens with one attached hydrogen (secondary N) is 1. The average Bonchev–Trinajstić information content (AvgIpc) is 2.74. The van der Waals surface area contributed by atoms with E-state index in [0.29, 0.717) is 6.54 Å². The molecule has 0 aliphatic carbocycles. The number of hydrogen-bond donors (Lipinski definition) is 1. The minimum atomic E-state index is -0.00712. The van der Waals surface area contributed by atoms with Crippen LogP contribution in [0.4, 0.5) is 4.79 Å². The second-order valence-electron chi connectivity index (χ2n) is 7.82. The second kappa shape index (κ2) is 9.76. The molecule has 0 bridgehead atoms. The van der Waals surface area contributed by atoms with Gasteiger partial charge in [-0.25, -0.2) is 4.79 Å². The Balaban J connectivity index is 1.69. The van der Waals surface area contributed by atoms with Gasteiger partial charge in [-0.15, -0.1) is 0 Å². The molecule has 1 saturated heterocycles. The molecule has 1 aliphatic rings. The van der Waals surface area contributed by atoms with Crippen molar-refractivity contribution in [2.75, 3.05) is 54.4 Å². The van der Waals surface area contributed by atoms with Crippen molar-refractivity contribution in [3.05, 3.63) is 65.7 Å². The standard InChI is InChI=1S/C23H32N4O2/c1-25(2)21(19-10-12-20(29-4)13-11-19)16-24-23(28)27-15-14-26(3)17-22(27)18-8-6-5-7-9-18/h5-13,21-22H,14-17H2,1-4H3,(H,24,28). The Morgan fingerprint density at radius 2 is 1.83 bits per heavy atom. The molecule has 3 rings (SSSR count). The number of amides is 2. The summed E-state index contributed by atoms with van der Waals surface area (Å²) < 4.78 is 5.26. The Morgan fingerprint density at radius 1 is 1.14 bits per heavy atom. The molecule has 1 aliphatic heterocycles. The number of carbonyl (C=O) groups excluding carboxylic acids is 1. The van der Waals surface area contributed by atoms with Gasteiger partial charge in [0.05, 0.1) is 19.2 Å². The predicted octanol–water partition coefficient (Wildman–Crippen LogP) is 3.00. The summed E-state index contributed by atoms with van der Waals surface area (Å²) in [4.78, 5) is 19.5. The highest BCUT2D eigenvalue weighted by atomic mass is 16.5. The Morgan fingerprint density at radius 3 is 2.45 bits per heavy atom. The number of likely N-dealkylation sites (N-methyl/N-ethyl adjacent to an activating group) is 2. The number of nitrogens with zero attached hydrogens (tertiary/aromatic N) is 3. The van der Waals surface area contributed by atoms with Gasteiger partial charge in [0.2, 0.25) is 0 Å². The van der Waals surface area contributed by atoms with Crippen molar-refractivity contribution in [1.29, 1.82) is 0 Å². The predicted molar refractivity (Wildman–Crippen MR) is 116 cm³/mol. The van der Waals surface area contributed by atoms with Crippen LogP contribution < -0.4 is 10.1 Å². The molecular formula is C23H32N4O2. The van der Waals surface area contributed by atoms with E-state index >= 15 is 0 Å². The van der Waals surface area contributed by atoms with E-state index < -0.39 is 0 Å². The SMILES string of the molecule is COc1ccc(C(CNC(=O)N2CCN(C)CC2c2ccccc2)N(C)C)cc1. The summed E-state index contributed by atoms with van der Waals surface area (Å²) in [5.74, 6) is 0.832. The van der Waals surface area contributed by atoms with Crippen molar-refractivity contribution in [2.45, 2.75) is 12.1 Å². The van der Waals surface area contributed by atoms with E-state index in [1.807, 2.05) is 49.3 Å². The van der Waals surface area contributed by atoms with E-state index in [0.717, 1.165) is 30.9 Å². The van der Waals surface area contributed by atoms with E-state index in [4.69, 9.17) is 4.74 Å². The molecule has 2 aromatic carbocycles. The monoisotopic (exact) mass is 396 g/mol. The van der Waals surface area contributed by atoms with Crippen molar-refractivity contribution in [3.8, 4) is 5.75 Å². The van der Waals surface area contributed by atoms with Crippen LogP contribution in [0.3, 0.4) is 0 Å². The topological polar surface area (TPSA) is 48.1 Å². The van der Waals surface area contributed by atoms with Crippen LogP contribution in [0.15, 0.2) is 54.6 Å². The molecule has 0 saturated carbocycles. The van der Waals surface area contributed by atoms with Crippen LogP contribution in [0.1, 0.15) is 23.2 Å². The average molecular weight is 397 g/mol. The lowest BCUT2D eigenvalue weighted by molar-refractivity contribution is 0.107. The first-order chi connectivity index (χ1) is 14.0. The summed E-state index contributed by atoms with van der Waals surface area (Å²) in [5, 5.41) is 3.17. The number of urea groups is 1. The molecule has 6 heteroatoms. The van der Waals surface area contributed by atoms with E-state index in [-0.39, 0.29) is 18.1 Å². The summed E-state index contributed by atoms with van der Waals surface area (Å²) in [6, 6.07) is 18.5. The lowest BCUT2D eigenvalue weighted by atomic mass is 10.0. The molecule has 2 aromatic rings. The zero-order valence-corrected chi connectivity index (χ0v) is 17.8. The van der Waals surface area contributed by atoms with Gasteiger partial charge in [-0.3, -0.25) is 0 Å². The quantitative estimate of drug-likeness (QED) is 0.816. The largest absolute Gasteiger partial charge is 0.497 e. The lowest BCUT2D eigenvalue weighted by Gasteiger charge is -2.40. The molecular weight excluding hydrogens is 364 g/mol. The van der Waals surface area contributed by atoms with Crippen LogP contribution in [0.5, 0.6) is 5.75 Å². The highest BCUT2D eigenvalue weighted by Gasteiger charge is 2.30. The molecule has 0 spiro atoms. The van der Waals surface area contributed by atoms with Gasteiger partial charge >= 0.3 is 6.03 Å². The third kappa shape index (κ3) is 5.28. The van der Waals surface area contributed by atoms with Crippen molar-refractivity contribution in [2.24, 2.45) is 0 Å². The first-order valence-electron chi connectivity index (χ1n) is 10.1. The number of carbonyl (C=O) groups is 1. The number of benzene rings is 2. The molecule has 2 amide bonds. The van der Waals surface area contributed by atoms with Crippen LogP contribution in [-0.4, -0.2) is 75.2 Å². The zero-order chi connectivity index (χ0) is 20.8. The molecule has 2 unspecified atom stereocenters. The summed E-state index contributed by atoms with van der Waals surface area (Å²) in [6.45, 7) is 2.99. The smallest absolute Gasteiger partial charge is 0.318 e. The molecule has 1 heterocycles. The van der Waals surface area contributed by atoms with Crippen LogP contribution in [0.2, 0.25) is 0 Å². The van der Waals surface area contributed by atoms with Gasteiger partial charge in [0.1, 0.15) is 5.75 Å². The minimum Gasteiger partial charge on any atom is -0.497 e. The van der Waals surface area contributed by atoms with Crippen LogP contribution >= 0.6 is 0 Å². The van der Waals surface area contributed by atoms with Crippen LogP contribution in [0.25, 0.3) is 0 Å². The first-order valence-corrected chi connectivity index (χ1v) is 10.1. The van der Waals surface area contributed by atoms with Gasteiger partial charge in [-0.05, 0) is 44.4 Å². The number of piperazine rings is 1. The molecule has 2 atom stereocenters. The zero-order valence-electron chi connectivity index (χ0n) is 17.8. The number of rotatable bonds is 6. The number of methoxy groups -OCH3 is 1. The van der Waals surface area contributed by atoms with E-state index in [2.05, 4.69) is 46.4 Å². The molecule has 6 nitrogen and oxygen atoms in total. The molecule has 1 N–H and O–H groups in total. The molecule has 29 heavy (non-hydrogen) atoms. The Bertz CT molecular complexity index is 779. The maximum absolute atomic E-state index is 13.1. The first kappa shape index (κ1) is 21.1. The highest BCUT2D eigenvalue weighted by molar-refractivity contribution is 5.75. The van der Waals surface area contributed by atoms with Gasteiger partial charge < -0.3 is 24.8 Å². The van der Waals surface area contributed by atoms with Crippen molar-refractivity contribution in [1.82, 2.24) is 20.0 Å². The Kier molecular flexibility index (Phi) is 7.12. The summed E-state index contributed by atoms with van der Waals surface area (Å²) in [6.07, 6.45) is 0. The minimum absolute atomic E-state index is 0.00712. The normalized spacial score (nSPS) is 18.5. The van der Waals surface area contributed by atoms with Crippen LogP contribution in [-0.2, 0) is 0 Å². The van der Waals surface area contributed by atoms with Gasteiger partial charge in [0.15, 0.2) is 0 Å². The molecule has 1 fully saturated rings. The maximum atomic E-state index is 13.1. The second-order valence-corrected chi connectivity index (χ2v) is 7.82. The van der Waals surface area contributed by atoms with Gasteiger partial charge in [-0.1, -0.05) is 42.5 Å². The Hall–Kier alpha value is -2.57. The third-order valence-corrected chi connectivity index (χ3v) is 5.60. The van der Waals surface area contributed by atoms with Crippen molar-refractivity contribution < 1.29 is 9.53 Å². The highest BCUT2D eigenvalue weighted by Crippen LogP contribution is 2.25. The maximum Gasteiger partial charge on any atom is 0.318 e. The van der Waals surface area contributed by atoms with Gasteiger partial charge in [0.25, 0.3) is 0 Å². The van der Waals surface area contributed by atoms with E-state index in [9.17, 15) is 4.79 Å². The van der Waals surface area contributed by atoms with Crippen molar-refractivity contribution in [3.63, 3.8) is 0 Å². The van der Waals surface area contributed by atoms with Crippen LogP contribution in [0, 0.1) is 0 Å². The number of ether oxygens (including phenoxy) is 1. The lowest BCUT2D eigenvalue weighted by Crippen LogP contribution is -2.53. The summed E-state index contributed by atoms with van der Waals surface area (Å²) in [5.41, 5.74) is 2.32. The fraction of sp³-hybridized carbons (Fsp3) is 0.435. The molecule has 0 aromatic heterocycles. The molecule has 0 radical (unpaired) electrons. The van der Waals surface area contributed by atoms with E-state index in [1.165, 1.54) is 5.56 Å². The van der Waals surface area contributed by atoms with Gasteiger partial charge in [0, 0.05) is 26.2 Å². The fourth-order valence-electron chi connectivity index (χ4n) is 3.83. The van der Waals surface area contributed by atoms with Gasteiger partial charge in [-0.2, -0.15) is 0 Å². The molecule has 156 valence electrons. The Labute approximate surface area is 174 Å². The van der Waals surface area contributed by atoms with Crippen molar-refractivity contribution >= 4 is 6.03 Å². The number of hydrogen-bond acceptors (Lipinski definition) is 4. The van der Waals surface area contributed by atoms with E-state index in [1.54, 1.807) is 7.11 Å². The summed E-state index contributed by atoms with van der Waals surface area (Å²) >= 11 is 0. The summed E-state index contributed by atoms with van der Waals surface area (Å²) in [7, 11) is 7.84. The third-order valence-electron chi connectivity index (χ3n) is 5.60.